The van der Waals surface area contributed by atoms with E-state index in [2.05, 4.69) is 5.32 Å². The van der Waals surface area contributed by atoms with Crippen LogP contribution in [0.15, 0.2) is 65.6 Å². The summed E-state index contributed by atoms with van der Waals surface area (Å²) in [6, 6.07) is 14.5. The zero-order valence-electron chi connectivity index (χ0n) is 23.9. The number of nitrogens with one attached hydrogen (secondary N) is 1. The van der Waals surface area contributed by atoms with Crippen molar-refractivity contribution in [2.45, 2.75) is 64.1 Å². The highest BCUT2D eigenvalue weighted by Crippen LogP contribution is 2.31. The van der Waals surface area contributed by atoms with Gasteiger partial charge in [0.2, 0.25) is 11.8 Å². The number of hydrogen-bond acceptors (Lipinski definition) is 4. The molecule has 0 radical (unpaired) electrons. The number of sulfonamides is 1. The molecule has 3 aromatic rings. The maximum Gasteiger partial charge on any atom is 0.264 e. The molecule has 1 N–H and O–H groups in total. The molecule has 0 unspecified atom stereocenters. The van der Waals surface area contributed by atoms with Crippen molar-refractivity contribution in [1.82, 2.24) is 10.2 Å². The van der Waals surface area contributed by atoms with E-state index >= 15 is 0 Å². The summed E-state index contributed by atoms with van der Waals surface area (Å²) >= 11 is 25.4. The first-order valence-corrected chi connectivity index (χ1v) is 16.1. The summed E-state index contributed by atoms with van der Waals surface area (Å²) in [6.45, 7) is 8.28. The highest BCUT2D eigenvalue weighted by atomic mass is 35.5. The molecule has 0 saturated carbocycles. The maximum atomic E-state index is 14.2. The van der Waals surface area contributed by atoms with E-state index in [1.165, 1.54) is 35.2 Å². The Morgan fingerprint density at radius 3 is 1.95 bits per heavy atom. The Morgan fingerprint density at radius 2 is 1.45 bits per heavy atom. The molecule has 12 heteroatoms. The number of benzene rings is 3. The third-order valence-electron chi connectivity index (χ3n) is 6.30. The summed E-state index contributed by atoms with van der Waals surface area (Å²) in [5.41, 5.74) is 0.791. The van der Waals surface area contributed by atoms with Crippen molar-refractivity contribution in [1.29, 1.82) is 0 Å². The Morgan fingerprint density at radius 1 is 0.905 bits per heavy atom. The van der Waals surface area contributed by atoms with Gasteiger partial charge in [0.15, 0.2) is 0 Å². The number of amides is 2. The molecule has 0 bridgehead atoms. The van der Waals surface area contributed by atoms with Crippen LogP contribution in [0.5, 0.6) is 0 Å². The van der Waals surface area contributed by atoms with E-state index in [0.717, 1.165) is 9.87 Å². The fraction of sp³-hybridized carbons (Fsp3) is 0.333. The second-order valence-electron chi connectivity index (χ2n) is 10.8. The van der Waals surface area contributed by atoms with Crippen LogP contribution in [0.2, 0.25) is 20.1 Å². The van der Waals surface area contributed by atoms with Crippen LogP contribution in [-0.2, 0) is 26.2 Å². The molecule has 2 amide bonds. The van der Waals surface area contributed by atoms with E-state index in [4.69, 9.17) is 46.4 Å². The molecule has 0 aliphatic carbocycles. The molecular formula is C30H33Cl4N3O4S. The molecule has 3 aromatic carbocycles. The summed E-state index contributed by atoms with van der Waals surface area (Å²) in [7, 11) is -4.29. The van der Waals surface area contributed by atoms with Gasteiger partial charge in [0.25, 0.3) is 10.0 Å². The van der Waals surface area contributed by atoms with Crippen molar-refractivity contribution in [3.8, 4) is 0 Å². The molecule has 42 heavy (non-hydrogen) atoms. The largest absolute Gasteiger partial charge is 0.350 e. The summed E-state index contributed by atoms with van der Waals surface area (Å²) < 4.78 is 28.9. The Balaban J connectivity index is 2.15. The van der Waals surface area contributed by atoms with Crippen LogP contribution >= 0.6 is 46.4 Å². The molecule has 0 spiro atoms. The zero-order valence-corrected chi connectivity index (χ0v) is 27.8. The minimum Gasteiger partial charge on any atom is -0.350 e. The van der Waals surface area contributed by atoms with Crippen molar-refractivity contribution >= 4 is 73.9 Å². The Hall–Kier alpha value is -2.49. The van der Waals surface area contributed by atoms with Crippen molar-refractivity contribution in [3.63, 3.8) is 0 Å². The molecule has 0 saturated heterocycles. The van der Waals surface area contributed by atoms with Crippen LogP contribution in [-0.4, -0.2) is 43.3 Å². The lowest BCUT2D eigenvalue weighted by Crippen LogP contribution is -2.55. The van der Waals surface area contributed by atoms with Gasteiger partial charge in [-0.05, 0) is 76.6 Å². The lowest BCUT2D eigenvalue weighted by Gasteiger charge is -2.35. The van der Waals surface area contributed by atoms with Crippen molar-refractivity contribution in [3.05, 3.63) is 91.9 Å². The van der Waals surface area contributed by atoms with Crippen molar-refractivity contribution in [2.24, 2.45) is 0 Å². The van der Waals surface area contributed by atoms with E-state index < -0.39 is 40.0 Å². The van der Waals surface area contributed by atoms with Gasteiger partial charge in [-0.3, -0.25) is 13.9 Å². The van der Waals surface area contributed by atoms with Crippen LogP contribution in [0.25, 0.3) is 0 Å². The van der Waals surface area contributed by atoms with Gasteiger partial charge in [-0.2, -0.15) is 0 Å². The SMILES string of the molecule is CC[C@H](C(=O)NC(C)(C)C)N(Cc1c(Cl)cccc1Cl)C(=O)CN(c1cc(Cl)cc(Cl)c1)S(=O)(=O)c1ccc(C)cc1. The molecule has 0 aromatic heterocycles. The third kappa shape index (κ3) is 8.54. The number of hydrogen-bond donors (Lipinski definition) is 1. The molecule has 3 rings (SSSR count). The van der Waals surface area contributed by atoms with E-state index in [1.807, 2.05) is 27.7 Å². The van der Waals surface area contributed by atoms with Gasteiger partial charge in [-0.1, -0.05) is 77.1 Å². The first kappa shape index (κ1) is 34.0. The average Bonchev–Trinajstić information content (AvgIpc) is 2.87. The number of carbonyl (C=O) groups is 2. The Kier molecular flexibility index (Phi) is 11.2. The molecule has 0 aliphatic heterocycles. The second-order valence-corrected chi connectivity index (χ2v) is 14.4. The number of rotatable bonds is 10. The van der Waals surface area contributed by atoms with Crippen LogP contribution < -0.4 is 9.62 Å². The zero-order chi connectivity index (χ0) is 31.4. The average molecular weight is 673 g/mol. The minimum absolute atomic E-state index is 0.0322. The Bertz CT molecular complexity index is 1520. The predicted molar refractivity (Wildman–Crippen MR) is 171 cm³/mol. The summed E-state index contributed by atoms with van der Waals surface area (Å²) in [6.07, 6.45) is 0.240. The van der Waals surface area contributed by atoms with E-state index in [0.29, 0.717) is 15.6 Å². The van der Waals surface area contributed by atoms with Gasteiger partial charge in [0.1, 0.15) is 12.6 Å². The van der Waals surface area contributed by atoms with Gasteiger partial charge < -0.3 is 10.2 Å². The third-order valence-corrected chi connectivity index (χ3v) is 9.23. The molecule has 0 fully saturated rings. The normalized spacial score (nSPS) is 12.5. The molecule has 1 atom stereocenters. The number of halogens is 4. The number of nitrogens with zero attached hydrogens (tertiary/aromatic N) is 2. The summed E-state index contributed by atoms with van der Waals surface area (Å²) in [5, 5.41) is 3.89. The highest BCUT2D eigenvalue weighted by molar-refractivity contribution is 7.92. The van der Waals surface area contributed by atoms with Gasteiger partial charge >= 0.3 is 0 Å². The molecule has 7 nitrogen and oxygen atoms in total. The maximum absolute atomic E-state index is 14.2. The van der Waals surface area contributed by atoms with E-state index in [-0.39, 0.29) is 33.6 Å². The number of carbonyl (C=O) groups excluding carboxylic acids is 2. The Labute approximate surface area is 267 Å². The van der Waals surface area contributed by atoms with Crippen LogP contribution in [0.4, 0.5) is 5.69 Å². The fourth-order valence-corrected chi connectivity index (χ4v) is 6.70. The van der Waals surface area contributed by atoms with Gasteiger partial charge in [0, 0.05) is 37.7 Å². The smallest absolute Gasteiger partial charge is 0.264 e. The lowest BCUT2D eigenvalue weighted by molar-refractivity contribution is -0.141. The lowest BCUT2D eigenvalue weighted by atomic mass is 10.1. The summed E-state index contributed by atoms with van der Waals surface area (Å²) in [4.78, 5) is 28.9. The van der Waals surface area contributed by atoms with Crippen LogP contribution in [0.3, 0.4) is 0 Å². The minimum atomic E-state index is -4.29. The first-order valence-electron chi connectivity index (χ1n) is 13.1. The summed E-state index contributed by atoms with van der Waals surface area (Å²) in [5.74, 6) is -1.06. The molecule has 226 valence electrons. The van der Waals surface area contributed by atoms with Gasteiger partial charge in [-0.25, -0.2) is 8.42 Å². The highest BCUT2D eigenvalue weighted by Gasteiger charge is 2.35. The topological polar surface area (TPSA) is 86.8 Å². The van der Waals surface area contributed by atoms with Crippen LogP contribution in [0.1, 0.15) is 45.2 Å². The van der Waals surface area contributed by atoms with Crippen molar-refractivity contribution < 1.29 is 18.0 Å². The monoisotopic (exact) mass is 671 g/mol. The van der Waals surface area contributed by atoms with E-state index in [9.17, 15) is 18.0 Å². The first-order chi connectivity index (χ1) is 19.5. The van der Waals surface area contributed by atoms with E-state index in [1.54, 1.807) is 37.3 Å². The fourth-order valence-electron chi connectivity index (χ4n) is 4.28. The molecular weight excluding hydrogens is 640 g/mol. The second kappa shape index (κ2) is 13.9. The van der Waals surface area contributed by atoms with Crippen molar-refractivity contribution in [2.75, 3.05) is 10.8 Å². The van der Waals surface area contributed by atoms with Gasteiger partial charge in [-0.15, -0.1) is 0 Å². The number of aryl methyl sites for hydroxylation is 1. The van der Waals surface area contributed by atoms with Crippen LogP contribution in [0, 0.1) is 6.92 Å². The quantitative estimate of drug-likeness (QED) is 0.241. The molecule has 0 aliphatic rings. The van der Waals surface area contributed by atoms with Gasteiger partial charge in [0.05, 0.1) is 10.6 Å². The predicted octanol–water partition coefficient (Wildman–Crippen LogP) is 7.53. The number of anilines is 1. The standard InChI is InChI=1S/C30H33Cl4N3O4S/c1-6-27(29(39)35-30(3,4)5)36(17-24-25(33)8-7-9-26(24)34)28(38)18-37(22-15-20(31)14-21(32)16-22)42(40,41)23-12-10-19(2)11-13-23/h7-16,27H,6,17-18H2,1-5H3,(H,35,39)/t27-/m1/s1. The molecule has 0 heterocycles.